The maximum Gasteiger partial charge on any atom is 0.228 e. The molecule has 1 amide bonds. The molecule has 5 nitrogen and oxygen atoms in total. The van der Waals surface area contributed by atoms with Gasteiger partial charge in [0.05, 0.1) is 16.5 Å². The number of aryl methyl sites for hydroxylation is 1. The number of thiazole rings is 1. The highest BCUT2D eigenvalue weighted by Crippen LogP contribution is 2.27. The van der Waals surface area contributed by atoms with E-state index in [9.17, 15) is 4.79 Å². The largest absolute Gasteiger partial charge is 0.334 e. The summed E-state index contributed by atoms with van der Waals surface area (Å²) in [5, 5.41) is 3.53. The van der Waals surface area contributed by atoms with Crippen molar-refractivity contribution in [1.82, 2.24) is 14.5 Å². The Bertz CT molecular complexity index is 763. The lowest BCUT2D eigenvalue weighted by Crippen LogP contribution is -2.16. The molecule has 1 N–H and O–H groups in total. The van der Waals surface area contributed by atoms with E-state index in [1.165, 1.54) is 16.9 Å². The van der Waals surface area contributed by atoms with Gasteiger partial charge in [0, 0.05) is 24.9 Å². The van der Waals surface area contributed by atoms with Crippen LogP contribution >= 0.6 is 11.3 Å². The summed E-state index contributed by atoms with van der Waals surface area (Å²) in [6.45, 7) is 4.03. The molecule has 0 saturated carbocycles. The molecule has 0 radical (unpaired) electrons. The van der Waals surface area contributed by atoms with Crippen molar-refractivity contribution in [3.8, 4) is 0 Å². The van der Waals surface area contributed by atoms with Crippen molar-refractivity contribution in [2.45, 2.75) is 26.3 Å². The van der Waals surface area contributed by atoms with E-state index in [-0.39, 0.29) is 11.9 Å². The van der Waals surface area contributed by atoms with E-state index in [1.807, 2.05) is 36.7 Å². The highest BCUT2D eigenvalue weighted by atomic mass is 32.1. The van der Waals surface area contributed by atoms with Crippen molar-refractivity contribution in [3.63, 3.8) is 0 Å². The summed E-state index contributed by atoms with van der Waals surface area (Å²) in [7, 11) is 0. The molecule has 3 aromatic rings. The molecular weight excluding hydrogens is 284 g/mol. The zero-order chi connectivity index (χ0) is 14.8. The van der Waals surface area contributed by atoms with Gasteiger partial charge < -0.3 is 9.88 Å². The van der Waals surface area contributed by atoms with Crippen LogP contribution < -0.4 is 5.32 Å². The molecule has 0 aliphatic heterocycles. The Hall–Kier alpha value is -2.21. The third-order valence-electron chi connectivity index (χ3n) is 3.30. The minimum atomic E-state index is -0.0352. The standard InChI is InChI=1S/C15H16N4OS/c1-10-3-4-12-13(7-10)21-15(17-12)18-14(20)8-11(2)19-6-5-16-9-19/h3-7,9,11H,8H2,1-2H3,(H,17,18,20)/t11-/m0/s1. The number of hydrogen-bond donors (Lipinski definition) is 1. The smallest absolute Gasteiger partial charge is 0.228 e. The fourth-order valence-corrected chi connectivity index (χ4v) is 3.14. The molecule has 0 spiro atoms. The lowest BCUT2D eigenvalue weighted by Gasteiger charge is -2.11. The highest BCUT2D eigenvalue weighted by Gasteiger charge is 2.12. The number of nitrogens with zero attached hydrogens (tertiary/aromatic N) is 3. The van der Waals surface area contributed by atoms with E-state index in [2.05, 4.69) is 21.4 Å². The molecule has 21 heavy (non-hydrogen) atoms. The fraction of sp³-hybridized carbons (Fsp3) is 0.267. The van der Waals surface area contributed by atoms with Crippen molar-refractivity contribution in [2.75, 3.05) is 5.32 Å². The van der Waals surface area contributed by atoms with Gasteiger partial charge in [-0.15, -0.1) is 0 Å². The van der Waals surface area contributed by atoms with Crippen LogP contribution in [0, 0.1) is 6.92 Å². The monoisotopic (exact) mass is 300 g/mol. The second-order valence-electron chi connectivity index (χ2n) is 5.10. The molecule has 108 valence electrons. The molecule has 0 saturated heterocycles. The topological polar surface area (TPSA) is 59.8 Å². The number of anilines is 1. The molecule has 1 atom stereocenters. The Kier molecular flexibility index (Phi) is 3.70. The second-order valence-corrected chi connectivity index (χ2v) is 6.13. The summed E-state index contributed by atoms with van der Waals surface area (Å²) >= 11 is 1.50. The molecule has 1 aromatic carbocycles. The minimum Gasteiger partial charge on any atom is -0.334 e. The molecular formula is C15H16N4OS. The van der Waals surface area contributed by atoms with Crippen LogP contribution in [0.3, 0.4) is 0 Å². The Balaban J connectivity index is 1.68. The molecule has 0 unspecified atom stereocenters. The Labute approximate surface area is 126 Å². The first-order valence-corrected chi connectivity index (χ1v) is 7.58. The van der Waals surface area contributed by atoms with Crippen molar-refractivity contribution >= 4 is 32.6 Å². The summed E-state index contributed by atoms with van der Waals surface area (Å²) in [6, 6.07) is 6.15. The van der Waals surface area contributed by atoms with E-state index < -0.39 is 0 Å². The number of hydrogen-bond acceptors (Lipinski definition) is 4. The second kappa shape index (κ2) is 5.65. The number of rotatable bonds is 4. The average molecular weight is 300 g/mol. The summed E-state index contributed by atoms with van der Waals surface area (Å²) in [6.07, 6.45) is 5.69. The van der Waals surface area contributed by atoms with E-state index in [0.29, 0.717) is 11.6 Å². The predicted molar refractivity (Wildman–Crippen MR) is 84.5 cm³/mol. The van der Waals surface area contributed by atoms with Gasteiger partial charge >= 0.3 is 0 Å². The molecule has 0 bridgehead atoms. The van der Waals surface area contributed by atoms with Gasteiger partial charge in [-0.05, 0) is 31.5 Å². The Morgan fingerprint density at radius 2 is 2.33 bits per heavy atom. The first kappa shape index (κ1) is 13.8. The van der Waals surface area contributed by atoms with Gasteiger partial charge in [-0.3, -0.25) is 4.79 Å². The molecule has 0 fully saturated rings. The highest BCUT2D eigenvalue weighted by molar-refractivity contribution is 7.22. The molecule has 3 rings (SSSR count). The van der Waals surface area contributed by atoms with Crippen molar-refractivity contribution in [2.24, 2.45) is 0 Å². The fourth-order valence-electron chi connectivity index (χ4n) is 2.16. The summed E-state index contributed by atoms with van der Waals surface area (Å²) in [5.74, 6) is -0.0352. The number of carbonyl (C=O) groups excluding carboxylic acids is 1. The number of benzene rings is 1. The SMILES string of the molecule is Cc1ccc2nc(NC(=O)C[C@H](C)n3ccnc3)sc2c1. The number of fused-ring (bicyclic) bond motifs is 1. The molecule has 2 heterocycles. The van der Waals surface area contributed by atoms with Gasteiger partial charge in [-0.2, -0.15) is 0 Å². The maximum absolute atomic E-state index is 12.1. The normalized spacial score (nSPS) is 12.5. The average Bonchev–Trinajstić information content (AvgIpc) is 3.06. The van der Waals surface area contributed by atoms with Crippen LogP contribution in [0.2, 0.25) is 0 Å². The van der Waals surface area contributed by atoms with Gasteiger partial charge in [0.1, 0.15) is 0 Å². The number of imidazole rings is 1. The van der Waals surface area contributed by atoms with Gasteiger partial charge in [0.25, 0.3) is 0 Å². The Morgan fingerprint density at radius 3 is 3.10 bits per heavy atom. The number of nitrogens with one attached hydrogen (secondary N) is 1. The van der Waals surface area contributed by atoms with Crippen LogP contribution in [-0.2, 0) is 4.79 Å². The van der Waals surface area contributed by atoms with Crippen LogP contribution in [0.4, 0.5) is 5.13 Å². The van der Waals surface area contributed by atoms with E-state index in [0.717, 1.165) is 10.2 Å². The van der Waals surface area contributed by atoms with Crippen LogP contribution in [0.1, 0.15) is 24.9 Å². The lowest BCUT2D eigenvalue weighted by molar-refractivity contribution is -0.116. The molecule has 0 aliphatic carbocycles. The lowest BCUT2D eigenvalue weighted by atomic mass is 10.2. The molecule has 0 aliphatic rings. The summed E-state index contributed by atoms with van der Waals surface area (Å²) in [4.78, 5) is 20.5. The van der Waals surface area contributed by atoms with Gasteiger partial charge in [0.2, 0.25) is 5.91 Å². The van der Waals surface area contributed by atoms with E-state index in [4.69, 9.17) is 0 Å². The van der Waals surface area contributed by atoms with Crippen molar-refractivity contribution in [3.05, 3.63) is 42.5 Å². The third-order valence-corrected chi connectivity index (χ3v) is 4.24. The van der Waals surface area contributed by atoms with Crippen LogP contribution in [0.25, 0.3) is 10.2 Å². The minimum absolute atomic E-state index is 0.0352. The third kappa shape index (κ3) is 3.11. The zero-order valence-electron chi connectivity index (χ0n) is 11.9. The van der Waals surface area contributed by atoms with Crippen LogP contribution in [0.15, 0.2) is 36.9 Å². The first-order valence-electron chi connectivity index (χ1n) is 6.76. The number of aromatic nitrogens is 3. The van der Waals surface area contributed by atoms with Gasteiger partial charge in [-0.25, -0.2) is 9.97 Å². The van der Waals surface area contributed by atoms with Gasteiger partial charge in [-0.1, -0.05) is 17.4 Å². The van der Waals surface area contributed by atoms with Crippen molar-refractivity contribution in [1.29, 1.82) is 0 Å². The Morgan fingerprint density at radius 1 is 1.48 bits per heavy atom. The van der Waals surface area contributed by atoms with Crippen LogP contribution in [-0.4, -0.2) is 20.4 Å². The maximum atomic E-state index is 12.1. The molecule has 6 heteroatoms. The van der Waals surface area contributed by atoms with Crippen molar-refractivity contribution < 1.29 is 4.79 Å². The van der Waals surface area contributed by atoms with E-state index in [1.54, 1.807) is 12.5 Å². The quantitative estimate of drug-likeness (QED) is 0.803. The zero-order valence-corrected chi connectivity index (χ0v) is 12.7. The number of amides is 1. The summed E-state index contributed by atoms with van der Waals surface area (Å²) < 4.78 is 3.01. The predicted octanol–water partition coefficient (Wildman–Crippen LogP) is 3.39. The number of carbonyl (C=O) groups is 1. The first-order chi connectivity index (χ1) is 10.1. The van der Waals surface area contributed by atoms with Crippen LogP contribution in [0.5, 0.6) is 0 Å². The summed E-state index contributed by atoms with van der Waals surface area (Å²) in [5.41, 5.74) is 2.11. The van der Waals surface area contributed by atoms with E-state index >= 15 is 0 Å². The molecule has 2 aromatic heterocycles. The van der Waals surface area contributed by atoms with Gasteiger partial charge in [0.15, 0.2) is 5.13 Å².